The molecule has 0 aliphatic heterocycles. The molecule has 0 bridgehead atoms. The maximum atomic E-state index is 12.3. The van der Waals surface area contributed by atoms with E-state index >= 15 is 0 Å². The van der Waals surface area contributed by atoms with Gasteiger partial charge < -0.3 is 0 Å². The molecule has 0 atom stereocenters. The van der Waals surface area contributed by atoms with Gasteiger partial charge in [-0.05, 0) is 6.07 Å². The summed E-state index contributed by atoms with van der Waals surface area (Å²) in [5, 5.41) is 0. The molecule has 1 heterocycles. The van der Waals surface area contributed by atoms with Gasteiger partial charge in [0.1, 0.15) is 7.05 Å². The molecule has 0 N–H and O–H groups in total. The van der Waals surface area contributed by atoms with Crippen LogP contribution in [-0.2, 0) is 7.05 Å². The van der Waals surface area contributed by atoms with Gasteiger partial charge in [-0.25, -0.2) is 4.39 Å². The second kappa shape index (κ2) is 2.43. The van der Waals surface area contributed by atoms with Gasteiger partial charge >= 0.3 is 0 Å². The van der Waals surface area contributed by atoms with Crippen molar-refractivity contribution in [3.8, 4) is 0 Å². The predicted molar refractivity (Wildman–Crippen MR) is 35.3 cm³/mol. The molecule has 1 nitrogen and oxygen atoms in total. The monoisotopic (exact) mass is 190 g/mol. The molecule has 0 amide bonds. The summed E-state index contributed by atoms with van der Waals surface area (Å²) in [6.45, 7) is 0. The Morgan fingerprint density at radius 3 is 2.67 bits per heavy atom. The van der Waals surface area contributed by atoms with Crippen molar-refractivity contribution in [1.29, 1.82) is 0 Å². The van der Waals surface area contributed by atoms with Gasteiger partial charge in [-0.3, -0.25) is 0 Å². The molecule has 1 rings (SSSR count). The number of aryl methyl sites for hydroxylation is 1. The van der Waals surface area contributed by atoms with Crippen LogP contribution in [0, 0.1) is 5.82 Å². The lowest BCUT2D eigenvalue weighted by atomic mass is 10.5. The number of pyridine rings is 1. The normalized spacial score (nSPS) is 9.67. The van der Waals surface area contributed by atoms with Crippen molar-refractivity contribution in [3.63, 3.8) is 0 Å². The largest absolute Gasteiger partial charge is 0.247 e. The predicted octanol–water partition coefficient (Wildman–Crippen LogP) is 1.41. The van der Waals surface area contributed by atoms with Gasteiger partial charge in [0.2, 0.25) is 10.8 Å². The molecule has 3 heteroatoms. The van der Waals surface area contributed by atoms with Crippen LogP contribution >= 0.6 is 15.9 Å². The Labute approximate surface area is 61.3 Å². The first-order valence-corrected chi connectivity index (χ1v) is 3.30. The molecule has 9 heavy (non-hydrogen) atoms. The smallest absolute Gasteiger partial charge is 0.200 e. The van der Waals surface area contributed by atoms with E-state index in [4.69, 9.17) is 0 Å². The van der Waals surface area contributed by atoms with Crippen LogP contribution in [0.15, 0.2) is 22.9 Å². The Kier molecular flexibility index (Phi) is 1.81. The summed E-state index contributed by atoms with van der Waals surface area (Å²) in [5.74, 6) is -0.222. The second-order valence-corrected chi connectivity index (χ2v) is 2.59. The highest BCUT2D eigenvalue weighted by Gasteiger charge is 2.01. The zero-order chi connectivity index (χ0) is 6.85. The Balaban J connectivity index is 3.17. The van der Waals surface area contributed by atoms with E-state index in [1.165, 1.54) is 12.3 Å². The topological polar surface area (TPSA) is 3.88 Å². The molecule has 0 unspecified atom stereocenters. The molecular weight excluding hydrogens is 185 g/mol. The average molecular weight is 191 g/mol. The van der Waals surface area contributed by atoms with E-state index in [0.717, 1.165) is 4.60 Å². The van der Waals surface area contributed by atoms with Crippen molar-refractivity contribution in [3.05, 3.63) is 28.7 Å². The van der Waals surface area contributed by atoms with Gasteiger partial charge in [-0.1, -0.05) is 0 Å². The van der Waals surface area contributed by atoms with E-state index in [1.54, 1.807) is 17.7 Å². The number of halogens is 2. The zero-order valence-electron chi connectivity index (χ0n) is 4.94. The van der Waals surface area contributed by atoms with Crippen molar-refractivity contribution >= 4 is 15.9 Å². The summed E-state index contributed by atoms with van der Waals surface area (Å²) in [7, 11) is 1.77. The maximum Gasteiger partial charge on any atom is 0.247 e. The molecule has 0 saturated carbocycles. The number of rotatable bonds is 0. The number of hydrogen-bond acceptors (Lipinski definition) is 0. The lowest BCUT2D eigenvalue weighted by Gasteiger charge is -1.88. The van der Waals surface area contributed by atoms with Crippen molar-refractivity contribution in [1.82, 2.24) is 0 Å². The summed E-state index contributed by atoms with van der Waals surface area (Å²) in [6.07, 6.45) is 1.41. The first-order valence-electron chi connectivity index (χ1n) is 2.51. The van der Waals surface area contributed by atoms with Gasteiger partial charge in [0.15, 0.2) is 5.82 Å². The average Bonchev–Trinajstić information content (AvgIpc) is 1.80. The highest BCUT2D eigenvalue weighted by atomic mass is 79.9. The molecule has 0 aliphatic carbocycles. The molecule has 0 saturated heterocycles. The minimum absolute atomic E-state index is 0.222. The Morgan fingerprint density at radius 2 is 2.22 bits per heavy atom. The Hall–Kier alpha value is -0.440. The summed E-state index contributed by atoms with van der Waals surface area (Å²) in [5.41, 5.74) is 0. The summed E-state index contributed by atoms with van der Waals surface area (Å²) < 4.78 is 14.8. The summed E-state index contributed by atoms with van der Waals surface area (Å²) in [6, 6.07) is 3.07. The second-order valence-electron chi connectivity index (χ2n) is 1.78. The zero-order valence-corrected chi connectivity index (χ0v) is 6.52. The van der Waals surface area contributed by atoms with Gasteiger partial charge in [0.25, 0.3) is 0 Å². The fraction of sp³-hybridized carbons (Fsp3) is 0.167. The molecule has 0 aromatic carbocycles. The third-order valence-electron chi connectivity index (χ3n) is 1.03. The van der Waals surface area contributed by atoms with Crippen molar-refractivity contribution in [2.75, 3.05) is 0 Å². The first kappa shape index (κ1) is 6.68. The van der Waals surface area contributed by atoms with Crippen LogP contribution in [0.25, 0.3) is 0 Å². The Bertz CT molecular complexity index is 224. The van der Waals surface area contributed by atoms with Crippen LogP contribution in [0.4, 0.5) is 4.39 Å². The molecule has 0 spiro atoms. The summed E-state index contributed by atoms with van der Waals surface area (Å²) >= 11 is 3.23. The molecule has 1 aromatic heterocycles. The number of nitrogens with zero attached hydrogens (tertiary/aromatic N) is 1. The Morgan fingerprint density at radius 1 is 1.56 bits per heavy atom. The highest BCUT2D eigenvalue weighted by molar-refractivity contribution is 9.10. The first-order chi connectivity index (χ1) is 4.20. The number of aromatic nitrogens is 1. The minimum atomic E-state index is -0.222. The van der Waals surface area contributed by atoms with Crippen molar-refractivity contribution in [2.24, 2.45) is 7.05 Å². The van der Waals surface area contributed by atoms with Crippen molar-refractivity contribution in [2.45, 2.75) is 0 Å². The van der Waals surface area contributed by atoms with Crippen LogP contribution in [0.2, 0.25) is 0 Å². The standard InChI is InChI=1S/C6H6BrFN/c1-9-4-5(8)2-3-6(9)7/h2-4H,1H3/q+1. The van der Waals surface area contributed by atoms with Gasteiger partial charge in [-0.15, -0.1) is 0 Å². The van der Waals surface area contributed by atoms with Crippen LogP contribution < -0.4 is 4.57 Å². The highest BCUT2D eigenvalue weighted by Crippen LogP contribution is 2.01. The van der Waals surface area contributed by atoms with E-state index in [1.807, 2.05) is 0 Å². The minimum Gasteiger partial charge on any atom is -0.200 e. The fourth-order valence-corrected chi connectivity index (χ4v) is 0.790. The molecule has 48 valence electrons. The third-order valence-corrected chi connectivity index (χ3v) is 1.86. The fourth-order valence-electron chi connectivity index (χ4n) is 0.556. The van der Waals surface area contributed by atoms with E-state index in [2.05, 4.69) is 15.9 Å². The van der Waals surface area contributed by atoms with E-state index in [-0.39, 0.29) is 5.82 Å². The molecular formula is C6H6BrFN+. The lowest BCUT2D eigenvalue weighted by Crippen LogP contribution is -2.29. The van der Waals surface area contributed by atoms with Gasteiger partial charge in [0.05, 0.1) is 0 Å². The van der Waals surface area contributed by atoms with E-state index in [9.17, 15) is 4.39 Å². The van der Waals surface area contributed by atoms with Crippen molar-refractivity contribution < 1.29 is 8.96 Å². The van der Waals surface area contributed by atoms with Crippen LogP contribution in [0.3, 0.4) is 0 Å². The van der Waals surface area contributed by atoms with Crippen LogP contribution in [-0.4, -0.2) is 0 Å². The lowest BCUT2D eigenvalue weighted by molar-refractivity contribution is -0.684. The SMILES string of the molecule is C[n+]1cc(F)ccc1Br. The van der Waals surface area contributed by atoms with Crippen LogP contribution in [0.1, 0.15) is 0 Å². The van der Waals surface area contributed by atoms with Crippen LogP contribution in [0.5, 0.6) is 0 Å². The van der Waals surface area contributed by atoms with E-state index < -0.39 is 0 Å². The number of hydrogen-bond donors (Lipinski definition) is 0. The van der Waals surface area contributed by atoms with E-state index in [0.29, 0.717) is 0 Å². The molecule has 1 aromatic rings. The van der Waals surface area contributed by atoms with Gasteiger partial charge in [-0.2, -0.15) is 4.57 Å². The maximum absolute atomic E-state index is 12.3. The molecule has 0 aliphatic rings. The molecule has 0 radical (unpaired) electrons. The summed E-state index contributed by atoms with van der Waals surface area (Å²) in [4.78, 5) is 0. The third kappa shape index (κ3) is 1.48. The molecule has 0 fully saturated rings. The van der Waals surface area contributed by atoms with Gasteiger partial charge in [0, 0.05) is 22.0 Å². The quantitative estimate of drug-likeness (QED) is 0.431.